The molecule has 3 aromatic rings. The van der Waals surface area contributed by atoms with Crippen molar-refractivity contribution in [3.63, 3.8) is 0 Å². The van der Waals surface area contributed by atoms with E-state index in [4.69, 9.17) is 0 Å². The van der Waals surface area contributed by atoms with Gasteiger partial charge in [-0.1, -0.05) is 37.6 Å². The molecule has 0 saturated heterocycles. The quantitative estimate of drug-likeness (QED) is 0.396. The number of rotatable bonds is 8. The molecule has 7 heteroatoms. The monoisotopic (exact) mass is 377 g/mol. The Morgan fingerprint density at radius 1 is 1.00 bits per heavy atom. The predicted octanol–water partition coefficient (Wildman–Crippen LogP) is 5.52. The number of nitrogens with zero attached hydrogens (tertiary/aromatic N) is 3. The van der Waals surface area contributed by atoms with Gasteiger partial charge in [0.2, 0.25) is 11.6 Å². The summed E-state index contributed by atoms with van der Waals surface area (Å²) in [6.07, 6.45) is 4.61. The topological polar surface area (TPSA) is 93.0 Å². The van der Waals surface area contributed by atoms with Crippen LogP contribution in [0.3, 0.4) is 0 Å². The smallest absolute Gasteiger partial charge is 0.334 e. The fraction of sp³-hybridized carbons (Fsp3) is 0.238. The highest BCUT2D eigenvalue weighted by Crippen LogP contribution is 2.33. The van der Waals surface area contributed by atoms with Gasteiger partial charge in [0.1, 0.15) is 6.33 Å². The van der Waals surface area contributed by atoms with Crippen molar-refractivity contribution >= 4 is 28.7 Å². The van der Waals surface area contributed by atoms with Crippen LogP contribution in [0.15, 0.2) is 54.9 Å². The summed E-state index contributed by atoms with van der Waals surface area (Å²) in [4.78, 5) is 19.4. The molecule has 0 radical (unpaired) electrons. The number of unbranched alkanes of at least 4 members (excludes halogenated alkanes) is 1. The maximum atomic E-state index is 11.7. The Kier molecular flexibility index (Phi) is 6.16. The van der Waals surface area contributed by atoms with E-state index in [1.165, 1.54) is 11.9 Å². The molecule has 0 spiro atoms. The molecule has 2 N–H and O–H groups in total. The fourth-order valence-corrected chi connectivity index (χ4v) is 2.87. The molecule has 0 amide bonds. The molecule has 7 nitrogen and oxygen atoms in total. The van der Waals surface area contributed by atoms with Gasteiger partial charge < -0.3 is 10.6 Å². The summed E-state index contributed by atoms with van der Waals surface area (Å²) < 4.78 is 0. The zero-order chi connectivity index (χ0) is 19.9. The van der Waals surface area contributed by atoms with Crippen molar-refractivity contribution in [1.82, 2.24) is 9.97 Å². The molecular weight excluding hydrogens is 354 g/mol. The minimum Gasteiger partial charge on any atom is -0.334 e. The molecule has 1 heterocycles. The zero-order valence-electron chi connectivity index (χ0n) is 16.0. The minimum atomic E-state index is -0.476. The van der Waals surface area contributed by atoms with E-state index in [-0.39, 0.29) is 17.3 Å². The maximum absolute atomic E-state index is 11.7. The fourth-order valence-electron chi connectivity index (χ4n) is 2.87. The second-order valence-electron chi connectivity index (χ2n) is 6.60. The summed E-state index contributed by atoms with van der Waals surface area (Å²) >= 11 is 0. The molecular formula is C21H23N5O2. The molecule has 0 unspecified atom stereocenters. The first kappa shape index (κ1) is 19.3. The van der Waals surface area contributed by atoms with E-state index in [1.807, 2.05) is 55.5 Å². The summed E-state index contributed by atoms with van der Waals surface area (Å²) in [6, 6.07) is 15.4. The van der Waals surface area contributed by atoms with Crippen molar-refractivity contribution < 1.29 is 4.92 Å². The molecule has 3 rings (SSSR count). The van der Waals surface area contributed by atoms with Crippen LogP contribution in [0.2, 0.25) is 0 Å². The number of aromatic nitrogens is 2. The highest BCUT2D eigenvalue weighted by molar-refractivity contribution is 5.76. The van der Waals surface area contributed by atoms with Crippen LogP contribution in [0, 0.1) is 17.0 Å². The second kappa shape index (κ2) is 8.94. The SMILES string of the molecule is CCCCc1ccc(Nc2ncnc(Nc3cccc(C)c3)c2[N+](=O)[O-])cc1. The average molecular weight is 377 g/mol. The van der Waals surface area contributed by atoms with Crippen LogP contribution in [0.25, 0.3) is 0 Å². The van der Waals surface area contributed by atoms with Crippen LogP contribution in [-0.4, -0.2) is 14.9 Å². The van der Waals surface area contributed by atoms with Gasteiger partial charge in [-0.05, 0) is 55.2 Å². The van der Waals surface area contributed by atoms with Crippen LogP contribution < -0.4 is 10.6 Å². The predicted molar refractivity (Wildman–Crippen MR) is 111 cm³/mol. The Hall–Kier alpha value is -3.48. The molecule has 0 saturated carbocycles. The summed E-state index contributed by atoms with van der Waals surface area (Å²) in [5.74, 6) is 0.295. The number of benzene rings is 2. The van der Waals surface area contributed by atoms with Gasteiger partial charge >= 0.3 is 5.69 Å². The molecule has 0 fully saturated rings. The van der Waals surface area contributed by atoms with Crippen molar-refractivity contribution in [2.75, 3.05) is 10.6 Å². The van der Waals surface area contributed by atoms with Crippen molar-refractivity contribution in [3.05, 3.63) is 76.1 Å². The molecule has 1 aromatic heterocycles. The van der Waals surface area contributed by atoms with Crippen LogP contribution in [0.4, 0.5) is 28.7 Å². The lowest BCUT2D eigenvalue weighted by molar-refractivity contribution is -0.383. The zero-order valence-corrected chi connectivity index (χ0v) is 16.0. The highest BCUT2D eigenvalue weighted by atomic mass is 16.6. The van der Waals surface area contributed by atoms with Crippen LogP contribution >= 0.6 is 0 Å². The van der Waals surface area contributed by atoms with Crippen molar-refractivity contribution in [1.29, 1.82) is 0 Å². The minimum absolute atomic E-state index is 0.146. The number of hydrogen-bond acceptors (Lipinski definition) is 6. The Bertz CT molecular complexity index is 957. The highest BCUT2D eigenvalue weighted by Gasteiger charge is 2.23. The molecule has 28 heavy (non-hydrogen) atoms. The van der Waals surface area contributed by atoms with E-state index in [0.717, 1.165) is 36.2 Å². The lowest BCUT2D eigenvalue weighted by atomic mass is 10.1. The lowest BCUT2D eigenvalue weighted by Crippen LogP contribution is -2.05. The van der Waals surface area contributed by atoms with E-state index in [0.29, 0.717) is 0 Å². The van der Waals surface area contributed by atoms with Gasteiger partial charge in [0.05, 0.1) is 4.92 Å². The molecule has 0 bridgehead atoms. The molecule has 0 aliphatic rings. The van der Waals surface area contributed by atoms with Crippen LogP contribution in [0.1, 0.15) is 30.9 Å². The number of aryl methyl sites for hydroxylation is 2. The lowest BCUT2D eigenvalue weighted by Gasteiger charge is -2.11. The molecule has 2 aromatic carbocycles. The first-order valence-electron chi connectivity index (χ1n) is 9.26. The third kappa shape index (κ3) is 4.82. The first-order valence-corrected chi connectivity index (χ1v) is 9.26. The molecule has 144 valence electrons. The Morgan fingerprint density at radius 3 is 2.29 bits per heavy atom. The standard InChI is InChI=1S/C21H23N5O2/c1-3-4-7-16-9-11-17(12-10-16)24-20-19(26(27)28)21(23-14-22-20)25-18-8-5-6-15(2)13-18/h5-6,8-14H,3-4,7H2,1-2H3,(H2,22,23,24,25). The Morgan fingerprint density at radius 2 is 1.68 bits per heavy atom. The van der Waals surface area contributed by atoms with E-state index in [2.05, 4.69) is 27.5 Å². The van der Waals surface area contributed by atoms with E-state index in [1.54, 1.807) is 0 Å². The Balaban J connectivity index is 1.86. The van der Waals surface area contributed by atoms with E-state index >= 15 is 0 Å². The third-order valence-corrected chi connectivity index (χ3v) is 4.32. The second-order valence-corrected chi connectivity index (χ2v) is 6.60. The van der Waals surface area contributed by atoms with Gasteiger partial charge in [-0.25, -0.2) is 9.97 Å². The van der Waals surface area contributed by atoms with Gasteiger partial charge in [0.25, 0.3) is 0 Å². The summed E-state index contributed by atoms with van der Waals surface area (Å²) in [7, 11) is 0. The van der Waals surface area contributed by atoms with E-state index in [9.17, 15) is 10.1 Å². The third-order valence-electron chi connectivity index (χ3n) is 4.32. The van der Waals surface area contributed by atoms with E-state index < -0.39 is 4.92 Å². The first-order chi connectivity index (χ1) is 13.6. The van der Waals surface area contributed by atoms with Gasteiger partial charge in [-0.3, -0.25) is 10.1 Å². The number of nitrogens with one attached hydrogen (secondary N) is 2. The van der Waals surface area contributed by atoms with Crippen LogP contribution in [-0.2, 0) is 6.42 Å². The summed E-state index contributed by atoms with van der Waals surface area (Å²) in [6.45, 7) is 4.11. The van der Waals surface area contributed by atoms with Gasteiger partial charge in [-0.2, -0.15) is 0 Å². The Labute approximate surface area is 164 Å². The number of anilines is 4. The normalized spacial score (nSPS) is 10.5. The van der Waals surface area contributed by atoms with Crippen molar-refractivity contribution in [2.24, 2.45) is 0 Å². The summed E-state index contributed by atoms with van der Waals surface area (Å²) in [5.41, 5.74) is 3.56. The molecule has 0 aliphatic carbocycles. The van der Waals surface area contributed by atoms with Gasteiger partial charge in [0.15, 0.2) is 0 Å². The molecule has 0 aliphatic heterocycles. The number of nitro groups is 1. The number of hydrogen-bond donors (Lipinski definition) is 2. The average Bonchev–Trinajstić information content (AvgIpc) is 2.67. The van der Waals surface area contributed by atoms with Gasteiger partial charge in [0, 0.05) is 11.4 Å². The van der Waals surface area contributed by atoms with Gasteiger partial charge in [-0.15, -0.1) is 0 Å². The van der Waals surface area contributed by atoms with Crippen molar-refractivity contribution in [3.8, 4) is 0 Å². The maximum Gasteiger partial charge on any atom is 0.353 e. The van der Waals surface area contributed by atoms with Crippen molar-refractivity contribution in [2.45, 2.75) is 33.1 Å². The van der Waals surface area contributed by atoms with Crippen LogP contribution in [0.5, 0.6) is 0 Å². The molecule has 0 atom stereocenters. The summed E-state index contributed by atoms with van der Waals surface area (Å²) in [5, 5.41) is 17.8. The largest absolute Gasteiger partial charge is 0.353 e.